The average Bonchev–Trinajstić information content (AvgIpc) is 3.13. The van der Waals surface area contributed by atoms with Crippen LogP contribution in [0.3, 0.4) is 0 Å². The van der Waals surface area contributed by atoms with Gasteiger partial charge in [0.05, 0.1) is 6.10 Å². The maximum Gasteiger partial charge on any atom is 0.407 e. The Hall–Kier alpha value is -2.47. The van der Waals surface area contributed by atoms with Crippen molar-refractivity contribution >= 4 is 6.09 Å². The third-order valence-electron chi connectivity index (χ3n) is 4.89. The highest BCUT2D eigenvalue weighted by atomic mass is 19.3. The van der Waals surface area contributed by atoms with Gasteiger partial charge in [0.15, 0.2) is 0 Å². The van der Waals surface area contributed by atoms with Crippen molar-refractivity contribution in [2.24, 2.45) is 0 Å². The van der Waals surface area contributed by atoms with Gasteiger partial charge in [-0.3, -0.25) is 0 Å². The number of hydrogen-bond donors (Lipinski definition) is 1. The molecule has 150 valence electrons. The lowest BCUT2D eigenvalue weighted by molar-refractivity contribution is -0.103. The second-order valence-electron chi connectivity index (χ2n) is 7.22. The minimum absolute atomic E-state index is 0.0461. The Morgan fingerprint density at radius 1 is 1.11 bits per heavy atom. The first-order valence-electron chi connectivity index (χ1n) is 9.46. The molecule has 1 N–H and O–H groups in total. The quantitative estimate of drug-likeness (QED) is 0.729. The normalized spacial score (nSPS) is 19.4. The molecule has 6 heteroatoms. The molecule has 0 aliphatic heterocycles. The fourth-order valence-electron chi connectivity index (χ4n) is 3.26. The lowest BCUT2D eigenvalue weighted by atomic mass is 10.1. The Labute approximate surface area is 163 Å². The standard InChI is InChI=1S/C22H25F2NO3/c1-16-7-9-18(10-8-16)22(23,24)15-28-20-12-11-19(13-20)25-21(26)27-14-17-5-3-2-4-6-17/h2-10,19-20H,11-15H2,1H3,(H,25,26)/t19?,20-/m0/s1. The first kappa shape index (κ1) is 20.3. The van der Waals surface area contributed by atoms with Gasteiger partial charge in [-0.2, -0.15) is 8.78 Å². The van der Waals surface area contributed by atoms with Gasteiger partial charge < -0.3 is 14.8 Å². The van der Waals surface area contributed by atoms with E-state index in [0.29, 0.717) is 19.3 Å². The summed E-state index contributed by atoms with van der Waals surface area (Å²) in [4.78, 5) is 11.9. The van der Waals surface area contributed by atoms with Crippen molar-refractivity contribution in [3.8, 4) is 0 Å². The third kappa shape index (κ3) is 5.76. The number of alkyl carbamates (subject to hydrolysis) is 1. The largest absolute Gasteiger partial charge is 0.445 e. The van der Waals surface area contributed by atoms with Crippen LogP contribution in [0.2, 0.25) is 0 Å². The number of rotatable bonds is 7. The number of nitrogens with one attached hydrogen (secondary N) is 1. The Bertz CT molecular complexity index is 765. The van der Waals surface area contributed by atoms with Gasteiger partial charge in [0, 0.05) is 11.6 Å². The minimum atomic E-state index is -3.03. The Morgan fingerprint density at radius 3 is 2.54 bits per heavy atom. The third-order valence-corrected chi connectivity index (χ3v) is 4.89. The molecule has 2 aromatic rings. The fourth-order valence-corrected chi connectivity index (χ4v) is 3.26. The van der Waals surface area contributed by atoms with Crippen LogP contribution < -0.4 is 5.32 Å². The molecule has 1 amide bonds. The molecule has 1 unspecified atom stereocenters. The lowest BCUT2D eigenvalue weighted by Gasteiger charge is -2.20. The highest BCUT2D eigenvalue weighted by Gasteiger charge is 2.35. The molecule has 2 atom stereocenters. The maximum atomic E-state index is 14.3. The van der Waals surface area contributed by atoms with Gasteiger partial charge in [-0.25, -0.2) is 4.79 Å². The fraction of sp³-hybridized carbons (Fsp3) is 0.409. The summed E-state index contributed by atoms with van der Waals surface area (Å²) in [5.74, 6) is -3.03. The van der Waals surface area contributed by atoms with Crippen molar-refractivity contribution in [1.82, 2.24) is 5.32 Å². The summed E-state index contributed by atoms with van der Waals surface area (Å²) in [6, 6.07) is 15.5. The van der Waals surface area contributed by atoms with E-state index in [1.54, 1.807) is 12.1 Å². The molecule has 1 aliphatic rings. The molecule has 0 spiro atoms. The Balaban J connectivity index is 1.40. The molecule has 1 saturated carbocycles. The van der Waals surface area contributed by atoms with Gasteiger partial charge >= 0.3 is 6.09 Å². The second-order valence-corrected chi connectivity index (χ2v) is 7.22. The van der Waals surface area contributed by atoms with Crippen molar-refractivity contribution in [3.63, 3.8) is 0 Å². The topological polar surface area (TPSA) is 47.6 Å². The second kappa shape index (κ2) is 9.15. The molecule has 3 rings (SSSR count). The van der Waals surface area contributed by atoms with Gasteiger partial charge in [0.25, 0.3) is 5.92 Å². The Kier molecular flexibility index (Phi) is 6.62. The molecule has 2 aromatic carbocycles. The molecule has 1 fully saturated rings. The van der Waals surface area contributed by atoms with Crippen molar-refractivity contribution in [3.05, 3.63) is 71.3 Å². The van der Waals surface area contributed by atoms with Crippen LogP contribution in [0.4, 0.5) is 13.6 Å². The van der Waals surface area contributed by atoms with E-state index >= 15 is 0 Å². The molecule has 0 heterocycles. The molecule has 4 nitrogen and oxygen atoms in total. The summed E-state index contributed by atoms with van der Waals surface area (Å²) >= 11 is 0. The van der Waals surface area contributed by atoms with E-state index in [1.165, 1.54) is 12.1 Å². The number of carbonyl (C=O) groups is 1. The summed E-state index contributed by atoms with van der Waals surface area (Å²) in [5.41, 5.74) is 1.79. The first-order chi connectivity index (χ1) is 13.4. The van der Waals surface area contributed by atoms with Crippen molar-refractivity contribution < 1.29 is 23.0 Å². The molecule has 1 aliphatic carbocycles. The van der Waals surface area contributed by atoms with Crippen LogP contribution in [0.1, 0.15) is 36.0 Å². The number of ether oxygens (including phenoxy) is 2. The van der Waals surface area contributed by atoms with Gasteiger partial charge in [-0.15, -0.1) is 0 Å². The SMILES string of the molecule is Cc1ccc(C(F)(F)CO[C@H]2CCC(NC(=O)OCc3ccccc3)C2)cc1. The molecule has 0 aromatic heterocycles. The van der Waals surface area contributed by atoms with E-state index in [9.17, 15) is 13.6 Å². The number of amides is 1. The highest BCUT2D eigenvalue weighted by molar-refractivity contribution is 5.67. The number of alkyl halides is 2. The zero-order valence-corrected chi connectivity index (χ0v) is 15.9. The number of benzene rings is 2. The van der Waals surface area contributed by atoms with Crippen LogP contribution in [-0.2, 0) is 22.0 Å². The van der Waals surface area contributed by atoms with Gasteiger partial charge in [-0.05, 0) is 31.7 Å². The predicted molar refractivity (Wildman–Crippen MR) is 102 cm³/mol. The van der Waals surface area contributed by atoms with Gasteiger partial charge in [-0.1, -0.05) is 60.2 Å². The van der Waals surface area contributed by atoms with Crippen LogP contribution in [0, 0.1) is 6.92 Å². The number of aryl methyl sites for hydroxylation is 1. The summed E-state index contributed by atoms with van der Waals surface area (Å²) in [5, 5.41) is 2.79. The summed E-state index contributed by atoms with van der Waals surface area (Å²) in [7, 11) is 0. The first-order valence-corrected chi connectivity index (χ1v) is 9.46. The Morgan fingerprint density at radius 2 is 1.82 bits per heavy atom. The molecule has 0 radical (unpaired) electrons. The number of carbonyl (C=O) groups excluding carboxylic acids is 1. The smallest absolute Gasteiger partial charge is 0.407 e. The predicted octanol–water partition coefficient (Wildman–Crippen LogP) is 4.95. The minimum Gasteiger partial charge on any atom is -0.445 e. The summed E-state index contributed by atoms with van der Waals surface area (Å²) in [6.07, 6.45) is 1.02. The van der Waals surface area contributed by atoms with Crippen LogP contribution in [-0.4, -0.2) is 24.8 Å². The monoisotopic (exact) mass is 389 g/mol. The van der Waals surface area contributed by atoms with Crippen molar-refractivity contribution in [1.29, 1.82) is 0 Å². The molecular weight excluding hydrogens is 364 g/mol. The average molecular weight is 389 g/mol. The highest BCUT2D eigenvalue weighted by Crippen LogP contribution is 2.31. The van der Waals surface area contributed by atoms with Crippen molar-refractivity contribution in [2.75, 3.05) is 6.61 Å². The van der Waals surface area contributed by atoms with E-state index in [4.69, 9.17) is 9.47 Å². The van der Waals surface area contributed by atoms with Gasteiger partial charge in [0.1, 0.15) is 13.2 Å². The summed E-state index contributed by atoms with van der Waals surface area (Å²) < 4.78 is 39.2. The van der Waals surface area contributed by atoms with E-state index in [1.807, 2.05) is 37.3 Å². The molecule has 0 saturated heterocycles. The number of hydrogen-bond acceptors (Lipinski definition) is 3. The van der Waals surface area contributed by atoms with E-state index in [0.717, 1.165) is 11.1 Å². The van der Waals surface area contributed by atoms with Crippen molar-refractivity contribution in [2.45, 2.75) is 50.9 Å². The maximum absolute atomic E-state index is 14.3. The van der Waals surface area contributed by atoms with Crippen LogP contribution in [0.25, 0.3) is 0 Å². The van der Waals surface area contributed by atoms with E-state index in [-0.39, 0.29) is 24.3 Å². The van der Waals surface area contributed by atoms with Crippen LogP contribution >= 0.6 is 0 Å². The lowest BCUT2D eigenvalue weighted by Crippen LogP contribution is -2.34. The van der Waals surface area contributed by atoms with Gasteiger partial charge in [0.2, 0.25) is 0 Å². The van der Waals surface area contributed by atoms with E-state index < -0.39 is 18.6 Å². The molecule has 28 heavy (non-hydrogen) atoms. The molecular formula is C22H25F2NO3. The van der Waals surface area contributed by atoms with Crippen LogP contribution in [0.15, 0.2) is 54.6 Å². The summed E-state index contributed by atoms with van der Waals surface area (Å²) in [6.45, 7) is 1.39. The zero-order valence-electron chi connectivity index (χ0n) is 15.9. The number of halogens is 2. The van der Waals surface area contributed by atoms with E-state index in [2.05, 4.69) is 5.32 Å². The zero-order chi connectivity index (χ0) is 20.0. The molecule has 0 bridgehead atoms. The van der Waals surface area contributed by atoms with Crippen LogP contribution in [0.5, 0.6) is 0 Å².